The number of hydrogen-bond donors (Lipinski definition) is 0. The number of fused-ring (bicyclic) bond motifs is 1. The van der Waals surface area contributed by atoms with Crippen molar-refractivity contribution in [1.82, 2.24) is 0 Å². The summed E-state index contributed by atoms with van der Waals surface area (Å²) in [4.78, 5) is 0. The third-order valence-corrected chi connectivity index (χ3v) is 7.04. The zero-order valence-electron chi connectivity index (χ0n) is 13.4. The van der Waals surface area contributed by atoms with Crippen LogP contribution >= 0.6 is 63.7 Å². The second-order valence-electron chi connectivity index (χ2n) is 5.97. The fourth-order valence-electron chi connectivity index (χ4n) is 3.07. The molecule has 26 heavy (non-hydrogen) atoms. The molecule has 0 aliphatic heterocycles. The van der Waals surface area contributed by atoms with Crippen LogP contribution < -0.4 is 0 Å². The summed E-state index contributed by atoms with van der Waals surface area (Å²) in [6, 6.07) is 25.4. The molecule has 0 radical (unpaired) electrons. The SMILES string of the molecule is Brc1ccccc1-c1cc2cc(Br)c(-c3ccccc3Br)cc2cc1Br. The van der Waals surface area contributed by atoms with Crippen LogP contribution in [-0.2, 0) is 0 Å². The van der Waals surface area contributed by atoms with Gasteiger partial charge in [-0.15, -0.1) is 0 Å². The van der Waals surface area contributed by atoms with Crippen molar-refractivity contribution in [2.45, 2.75) is 0 Å². The van der Waals surface area contributed by atoms with Crippen molar-refractivity contribution in [2.75, 3.05) is 0 Å². The van der Waals surface area contributed by atoms with Gasteiger partial charge < -0.3 is 0 Å². The molecule has 0 heterocycles. The lowest BCUT2D eigenvalue weighted by Gasteiger charge is -2.13. The minimum Gasteiger partial charge on any atom is -0.0616 e. The zero-order valence-corrected chi connectivity index (χ0v) is 19.8. The Morgan fingerprint density at radius 3 is 1.15 bits per heavy atom. The summed E-state index contributed by atoms with van der Waals surface area (Å²) in [5, 5.41) is 2.39. The molecule has 4 aromatic carbocycles. The summed E-state index contributed by atoms with van der Waals surface area (Å²) in [7, 11) is 0. The topological polar surface area (TPSA) is 0 Å². The first-order chi connectivity index (χ1) is 12.5. The Labute approximate surface area is 186 Å². The van der Waals surface area contributed by atoms with Crippen molar-refractivity contribution in [1.29, 1.82) is 0 Å². The molecule has 0 nitrogen and oxygen atoms in total. The molecule has 0 aliphatic carbocycles. The van der Waals surface area contributed by atoms with Crippen LogP contribution in [-0.4, -0.2) is 0 Å². The molecular weight excluding hydrogens is 584 g/mol. The highest BCUT2D eigenvalue weighted by Gasteiger charge is 2.12. The molecule has 128 valence electrons. The van der Waals surface area contributed by atoms with Crippen molar-refractivity contribution in [3.8, 4) is 22.3 Å². The van der Waals surface area contributed by atoms with E-state index in [2.05, 4.69) is 124 Å². The van der Waals surface area contributed by atoms with Crippen LogP contribution in [0, 0.1) is 0 Å². The molecule has 4 heteroatoms. The first-order valence-corrected chi connectivity index (χ1v) is 11.1. The second-order valence-corrected chi connectivity index (χ2v) is 9.39. The molecule has 0 N–H and O–H groups in total. The predicted molar refractivity (Wildman–Crippen MR) is 126 cm³/mol. The predicted octanol–water partition coefficient (Wildman–Crippen LogP) is 9.22. The largest absolute Gasteiger partial charge is 0.0616 e. The van der Waals surface area contributed by atoms with Crippen LogP contribution in [0.15, 0.2) is 90.7 Å². The lowest BCUT2D eigenvalue weighted by atomic mass is 9.98. The van der Waals surface area contributed by atoms with Gasteiger partial charge >= 0.3 is 0 Å². The van der Waals surface area contributed by atoms with Crippen molar-refractivity contribution in [2.24, 2.45) is 0 Å². The van der Waals surface area contributed by atoms with E-state index in [0.29, 0.717) is 0 Å². The standard InChI is InChI=1S/C22H12Br4/c23-19-7-3-1-5-15(19)17-9-13-12-22(26)18(10-14(13)11-21(17)25)16-6-2-4-8-20(16)24/h1-12H. The average Bonchev–Trinajstić information content (AvgIpc) is 2.62. The third kappa shape index (κ3) is 3.45. The maximum Gasteiger partial charge on any atom is 0.0260 e. The first kappa shape index (κ1) is 18.4. The lowest BCUT2D eigenvalue weighted by molar-refractivity contribution is 1.56. The zero-order chi connectivity index (χ0) is 18.3. The number of benzene rings is 4. The highest BCUT2D eigenvalue weighted by Crippen LogP contribution is 2.40. The van der Waals surface area contributed by atoms with E-state index in [1.165, 1.54) is 33.0 Å². The quantitative estimate of drug-likeness (QED) is 0.217. The van der Waals surface area contributed by atoms with Crippen molar-refractivity contribution in [3.05, 3.63) is 90.7 Å². The lowest BCUT2D eigenvalue weighted by Crippen LogP contribution is -1.87. The van der Waals surface area contributed by atoms with Gasteiger partial charge in [0.15, 0.2) is 0 Å². The Morgan fingerprint density at radius 1 is 0.385 bits per heavy atom. The van der Waals surface area contributed by atoms with Gasteiger partial charge in [0.25, 0.3) is 0 Å². The Morgan fingerprint density at radius 2 is 0.769 bits per heavy atom. The van der Waals surface area contributed by atoms with Gasteiger partial charge in [0.1, 0.15) is 0 Å². The number of halogens is 4. The van der Waals surface area contributed by atoms with Gasteiger partial charge in [-0.2, -0.15) is 0 Å². The van der Waals surface area contributed by atoms with E-state index in [0.717, 1.165) is 17.9 Å². The number of hydrogen-bond acceptors (Lipinski definition) is 0. The van der Waals surface area contributed by atoms with Gasteiger partial charge in [-0.25, -0.2) is 0 Å². The highest BCUT2D eigenvalue weighted by molar-refractivity contribution is 9.11. The van der Waals surface area contributed by atoms with Crippen LogP contribution in [0.3, 0.4) is 0 Å². The molecule has 0 saturated heterocycles. The van der Waals surface area contributed by atoms with Crippen molar-refractivity contribution >= 4 is 74.5 Å². The minimum atomic E-state index is 1.08. The monoisotopic (exact) mass is 592 g/mol. The number of rotatable bonds is 2. The van der Waals surface area contributed by atoms with Gasteiger partial charge in [-0.3, -0.25) is 0 Å². The Hall–Kier alpha value is -0.940. The molecule has 0 amide bonds. The minimum absolute atomic E-state index is 1.08. The molecule has 0 spiro atoms. The average molecular weight is 596 g/mol. The van der Waals surface area contributed by atoms with E-state index in [9.17, 15) is 0 Å². The van der Waals surface area contributed by atoms with Crippen LogP contribution in [0.2, 0.25) is 0 Å². The van der Waals surface area contributed by atoms with Crippen LogP contribution in [0.1, 0.15) is 0 Å². The van der Waals surface area contributed by atoms with Crippen LogP contribution in [0.4, 0.5) is 0 Å². The normalized spacial score (nSPS) is 11.1. The Balaban J connectivity index is 1.93. The summed E-state index contributed by atoms with van der Waals surface area (Å²) in [5.74, 6) is 0. The Kier molecular flexibility index (Phi) is 5.38. The summed E-state index contributed by atoms with van der Waals surface area (Å²) in [6.07, 6.45) is 0. The van der Waals surface area contributed by atoms with Crippen LogP contribution in [0.5, 0.6) is 0 Å². The van der Waals surface area contributed by atoms with E-state index in [-0.39, 0.29) is 0 Å². The van der Waals surface area contributed by atoms with Gasteiger partial charge in [0.05, 0.1) is 0 Å². The molecule has 0 aliphatic rings. The third-order valence-electron chi connectivity index (χ3n) is 4.34. The van der Waals surface area contributed by atoms with E-state index < -0.39 is 0 Å². The van der Waals surface area contributed by atoms with Gasteiger partial charge in [-0.05, 0) is 69.4 Å². The van der Waals surface area contributed by atoms with Gasteiger partial charge in [0, 0.05) is 17.9 Å². The molecule has 0 bridgehead atoms. The van der Waals surface area contributed by atoms with E-state index in [1.54, 1.807) is 0 Å². The summed E-state index contributed by atoms with van der Waals surface area (Å²) in [6.45, 7) is 0. The molecule has 4 rings (SSSR count). The van der Waals surface area contributed by atoms with Crippen LogP contribution in [0.25, 0.3) is 33.0 Å². The maximum atomic E-state index is 3.76. The van der Waals surface area contributed by atoms with E-state index >= 15 is 0 Å². The van der Waals surface area contributed by atoms with E-state index in [4.69, 9.17) is 0 Å². The molecule has 0 unspecified atom stereocenters. The second kappa shape index (κ2) is 7.59. The summed E-state index contributed by atoms with van der Waals surface area (Å²) in [5.41, 5.74) is 4.69. The smallest absolute Gasteiger partial charge is 0.0260 e. The molecular formula is C22H12Br4. The molecule has 4 aromatic rings. The van der Waals surface area contributed by atoms with Gasteiger partial charge in [0.2, 0.25) is 0 Å². The molecule has 0 atom stereocenters. The first-order valence-electron chi connectivity index (χ1n) is 7.97. The van der Waals surface area contributed by atoms with Gasteiger partial charge in [-0.1, -0.05) is 100 Å². The van der Waals surface area contributed by atoms with E-state index in [1.807, 2.05) is 12.1 Å². The summed E-state index contributed by atoms with van der Waals surface area (Å²) >= 11 is 14.8. The summed E-state index contributed by atoms with van der Waals surface area (Å²) < 4.78 is 4.34. The highest BCUT2D eigenvalue weighted by atomic mass is 79.9. The molecule has 0 fully saturated rings. The maximum absolute atomic E-state index is 3.76. The molecule has 0 saturated carbocycles. The Bertz CT molecular complexity index is 1040. The van der Waals surface area contributed by atoms with Crippen molar-refractivity contribution in [3.63, 3.8) is 0 Å². The fourth-order valence-corrected chi connectivity index (χ4v) is 5.21. The fraction of sp³-hybridized carbons (Fsp3) is 0. The van der Waals surface area contributed by atoms with Crippen molar-refractivity contribution < 1.29 is 0 Å². The molecule has 0 aromatic heterocycles.